The van der Waals surface area contributed by atoms with Crippen molar-refractivity contribution in [1.82, 2.24) is 0 Å². The average molecular weight is 532 g/mol. The van der Waals surface area contributed by atoms with E-state index in [-0.39, 0.29) is 0 Å². The van der Waals surface area contributed by atoms with E-state index in [1.807, 2.05) is 0 Å². The van der Waals surface area contributed by atoms with E-state index >= 15 is 0 Å². The van der Waals surface area contributed by atoms with Crippen LogP contribution in [0.5, 0.6) is 5.75 Å². The summed E-state index contributed by atoms with van der Waals surface area (Å²) in [6.07, 6.45) is 4.77. The molecule has 0 radical (unpaired) electrons. The van der Waals surface area contributed by atoms with Crippen molar-refractivity contribution < 1.29 is 5.11 Å². The molecule has 39 heavy (non-hydrogen) atoms. The van der Waals surface area contributed by atoms with E-state index in [2.05, 4.69) is 126 Å². The molecule has 1 N–H and O–H groups in total. The van der Waals surface area contributed by atoms with Crippen LogP contribution in [0.25, 0.3) is 0 Å². The molecule has 3 aliphatic carbocycles. The molecule has 4 aromatic carbocycles. The summed E-state index contributed by atoms with van der Waals surface area (Å²) in [5, 5.41) is 15.2. The summed E-state index contributed by atoms with van der Waals surface area (Å²) in [5.41, 5.74) is 7.58. The van der Waals surface area contributed by atoms with Gasteiger partial charge in [0.05, 0.1) is 6.16 Å². The van der Waals surface area contributed by atoms with Gasteiger partial charge in [-0.25, -0.2) is 0 Å². The predicted octanol–water partition coefficient (Wildman–Crippen LogP) is 7.44. The van der Waals surface area contributed by atoms with Crippen LogP contribution in [0.4, 0.5) is 0 Å². The Balaban J connectivity index is 1.32. The van der Waals surface area contributed by atoms with Gasteiger partial charge < -0.3 is 5.11 Å². The normalized spacial score (nSPS) is 28.6. The molecule has 198 valence electrons. The molecule has 0 bridgehead atoms. The van der Waals surface area contributed by atoms with Crippen molar-refractivity contribution in [1.29, 1.82) is 0 Å². The lowest BCUT2D eigenvalue weighted by atomic mass is 9.64. The third kappa shape index (κ3) is 3.06. The Morgan fingerprint density at radius 1 is 0.692 bits per heavy atom. The highest BCUT2D eigenvalue weighted by Gasteiger charge is 2.98. The number of fused-ring (bicyclic) bond motifs is 4. The van der Waals surface area contributed by atoms with E-state index in [0.29, 0.717) is 22.0 Å². The van der Waals surface area contributed by atoms with E-state index in [9.17, 15) is 5.11 Å². The van der Waals surface area contributed by atoms with Crippen molar-refractivity contribution in [3.05, 3.63) is 119 Å². The van der Waals surface area contributed by atoms with Crippen molar-refractivity contribution in [2.75, 3.05) is 6.16 Å². The van der Waals surface area contributed by atoms with Gasteiger partial charge in [-0.15, -0.1) is 0 Å². The minimum Gasteiger partial charge on any atom is -0.507 e. The minimum absolute atomic E-state index is 0.314. The highest BCUT2D eigenvalue weighted by atomic mass is 31.2. The SMILES string of the molecule is Cc1c(C)c2c(c(C)c1O)CCC1(C2)C2C(C)(C[P+](c3ccccc3)(c3ccccc3)c3ccccc3)C21C. The summed E-state index contributed by atoms with van der Waals surface area (Å²) < 4.78 is 0. The second-order valence-corrected chi connectivity index (χ2v) is 16.5. The Kier molecular flexibility index (Phi) is 5.35. The van der Waals surface area contributed by atoms with Crippen LogP contribution in [0, 0.1) is 42.9 Å². The maximum Gasteiger partial charge on any atom is 0.121 e. The molecule has 1 nitrogen and oxygen atoms in total. The van der Waals surface area contributed by atoms with Gasteiger partial charge in [0, 0.05) is 5.41 Å². The fraction of sp³-hybridized carbons (Fsp3) is 0.351. The molecule has 1 spiro atoms. The van der Waals surface area contributed by atoms with Gasteiger partial charge in [0.1, 0.15) is 28.9 Å². The zero-order chi connectivity index (χ0) is 27.2. The first kappa shape index (κ1) is 25.1. The highest BCUT2D eigenvalue weighted by molar-refractivity contribution is 7.95. The van der Waals surface area contributed by atoms with Crippen LogP contribution in [0.15, 0.2) is 91.0 Å². The second kappa shape index (κ2) is 8.31. The molecular weight excluding hydrogens is 491 g/mol. The fourth-order valence-electron chi connectivity index (χ4n) is 9.56. The maximum atomic E-state index is 10.7. The van der Waals surface area contributed by atoms with Crippen LogP contribution in [0.1, 0.15) is 48.1 Å². The molecule has 7 rings (SSSR count). The quantitative estimate of drug-likeness (QED) is 0.265. The Hall–Kier alpha value is -2.89. The van der Waals surface area contributed by atoms with Crippen LogP contribution in [-0.2, 0) is 12.8 Å². The van der Waals surface area contributed by atoms with E-state index in [1.54, 1.807) is 5.56 Å². The number of phenolic OH excluding ortho intramolecular Hbond substituents is 1. The standard InChI is InChI=1S/C37H39OP/c1-25-26(2)33(38)27(3)31-21-22-37(23-32(25)31)34-35(4,36(34,37)5)24-39(28-15-9-6-10-16-28,29-17-11-7-12-18-29)30-19-13-8-14-20-30/h6-20,34H,21-24H2,1-5H3/p+1. The first-order valence-electron chi connectivity index (χ1n) is 14.6. The zero-order valence-corrected chi connectivity index (χ0v) is 24.9. The lowest BCUT2D eigenvalue weighted by Gasteiger charge is -2.43. The lowest BCUT2D eigenvalue weighted by molar-refractivity contribution is 0.151. The summed E-state index contributed by atoms with van der Waals surface area (Å²) in [7, 11) is -1.86. The van der Waals surface area contributed by atoms with E-state index in [1.165, 1.54) is 46.0 Å². The van der Waals surface area contributed by atoms with Gasteiger partial charge in [0.2, 0.25) is 0 Å². The Bertz CT molecular complexity index is 1480. The Morgan fingerprint density at radius 2 is 1.15 bits per heavy atom. The molecule has 0 aliphatic heterocycles. The Morgan fingerprint density at radius 3 is 1.62 bits per heavy atom. The van der Waals surface area contributed by atoms with Gasteiger partial charge in [0.15, 0.2) is 0 Å². The third-order valence-corrected chi connectivity index (χ3v) is 16.5. The molecule has 2 saturated carbocycles. The fourth-order valence-corrected chi connectivity index (χ4v) is 14.5. The van der Waals surface area contributed by atoms with Gasteiger partial charge in [-0.05, 0) is 121 Å². The number of phenols is 1. The highest BCUT2D eigenvalue weighted by Crippen LogP contribution is 3.01. The topological polar surface area (TPSA) is 20.2 Å². The monoisotopic (exact) mass is 531 g/mol. The van der Waals surface area contributed by atoms with Gasteiger partial charge in [-0.3, -0.25) is 0 Å². The first-order valence-corrected chi connectivity index (χ1v) is 16.6. The van der Waals surface area contributed by atoms with Gasteiger partial charge in [-0.1, -0.05) is 68.4 Å². The van der Waals surface area contributed by atoms with Gasteiger partial charge in [-0.2, -0.15) is 0 Å². The van der Waals surface area contributed by atoms with E-state index in [0.717, 1.165) is 23.5 Å². The number of benzene rings is 4. The molecule has 0 heterocycles. The molecule has 0 amide bonds. The second-order valence-electron chi connectivity index (χ2n) is 13.0. The van der Waals surface area contributed by atoms with Crippen molar-refractivity contribution in [3.8, 4) is 5.75 Å². The zero-order valence-electron chi connectivity index (χ0n) is 24.0. The number of rotatable bonds is 5. The van der Waals surface area contributed by atoms with Gasteiger partial charge >= 0.3 is 0 Å². The summed E-state index contributed by atoms with van der Waals surface area (Å²) in [6, 6.07) is 34.2. The number of hydrogen-bond donors (Lipinski definition) is 1. The number of hydrogen-bond acceptors (Lipinski definition) is 1. The van der Waals surface area contributed by atoms with E-state index in [4.69, 9.17) is 0 Å². The largest absolute Gasteiger partial charge is 0.507 e. The summed E-state index contributed by atoms with van der Waals surface area (Å²) >= 11 is 0. The molecule has 4 atom stereocenters. The van der Waals surface area contributed by atoms with Gasteiger partial charge in [0.25, 0.3) is 0 Å². The Labute approximate surface area is 234 Å². The smallest absolute Gasteiger partial charge is 0.121 e. The predicted molar refractivity (Wildman–Crippen MR) is 166 cm³/mol. The van der Waals surface area contributed by atoms with Crippen LogP contribution >= 0.6 is 7.26 Å². The molecule has 0 saturated heterocycles. The van der Waals surface area contributed by atoms with Crippen LogP contribution in [0.2, 0.25) is 0 Å². The molecule has 2 fully saturated rings. The van der Waals surface area contributed by atoms with E-state index < -0.39 is 7.26 Å². The van der Waals surface area contributed by atoms with Crippen molar-refractivity contribution >= 4 is 23.2 Å². The lowest BCUT2D eigenvalue weighted by Crippen LogP contribution is -2.42. The summed E-state index contributed by atoms with van der Waals surface area (Å²) in [4.78, 5) is 0. The van der Waals surface area contributed by atoms with Crippen LogP contribution in [-0.4, -0.2) is 11.3 Å². The molecular formula is C37H40OP+. The van der Waals surface area contributed by atoms with Crippen LogP contribution in [0.3, 0.4) is 0 Å². The minimum atomic E-state index is -1.86. The molecule has 4 unspecified atom stereocenters. The molecule has 0 aromatic heterocycles. The molecule has 3 aliphatic rings. The van der Waals surface area contributed by atoms with Crippen LogP contribution < -0.4 is 15.9 Å². The van der Waals surface area contributed by atoms with Crippen molar-refractivity contribution in [3.63, 3.8) is 0 Å². The number of aromatic hydroxyl groups is 1. The maximum absolute atomic E-state index is 10.7. The van der Waals surface area contributed by atoms with Crippen molar-refractivity contribution in [2.45, 2.75) is 53.9 Å². The summed E-state index contributed by atoms with van der Waals surface area (Å²) in [5.74, 6) is 1.28. The molecule has 4 aromatic rings. The van der Waals surface area contributed by atoms with Crippen molar-refractivity contribution in [2.24, 2.45) is 22.2 Å². The summed E-state index contributed by atoms with van der Waals surface area (Å²) in [6.45, 7) is 11.7. The molecule has 2 heteroatoms. The third-order valence-electron chi connectivity index (χ3n) is 11.8. The first-order chi connectivity index (χ1) is 18.7. The average Bonchev–Trinajstić information content (AvgIpc) is 3.74.